The zero-order chi connectivity index (χ0) is 26.0. The van der Waals surface area contributed by atoms with Crippen LogP contribution in [0.4, 0.5) is 25.0 Å². The molecule has 0 spiro atoms. The summed E-state index contributed by atoms with van der Waals surface area (Å²) in [6, 6.07) is 10.1. The van der Waals surface area contributed by atoms with E-state index in [4.69, 9.17) is 11.3 Å². The molecule has 0 atom stereocenters. The van der Waals surface area contributed by atoms with Crippen LogP contribution in [0, 0.1) is 25.1 Å². The Morgan fingerprint density at radius 1 is 1.08 bits per heavy atom. The van der Waals surface area contributed by atoms with Crippen molar-refractivity contribution < 1.29 is 23.1 Å². The number of urea groups is 1. The second-order valence-electron chi connectivity index (χ2n) is 8.87. The fourth-order valence-electron chi connectivity index (χ4n) is 4.18. The van der Waals surface area contributed by atoms with Gasteiger partial charge < -0.3 is 9.64 Å². The second-order valence-corrected chi connectivity index (χ2v) is 8.87. The first-order chi connectivity index (χ1) is 17.2. The minimum absolute atomic E-state index is 0.0587. The van der Waals surface area contributed by atoms with Crippen LogP contribution in [0.3, 0.4) is 0 Å². The molecule has 1 saturated heterocycles. The molecule has 0 saturated carbocycles. The number of aromatic nitrogens is 1. The van der Waals surface area contributed by atoms with Crippen molar-refractivity contribution >= 4 is 23.3 Å². The molecule has 0 N–H and O–H groups in total. The number of ether oxygens (including phenoxy) is 1. The maximum atomic E-state index is 14.6. The zero-order valence-corrected chi connectivity index (χ0v) is 20.1. The molecule has 1 aromatic heterocycles. The van der Waals surface area contributed by atoms with E-state index in [-0.39, 0.29) is 30.1 Å². The average molecular weight is 491 g/mol. The Balaban J connectivity index is 1.42. The molecule has 4 rings (SSSR count). The van der Waals surface area contributed by atoms with Crippen LogP contribution in [0.1, 0.15) is 25.8 Å². The molecule has 3 aromatic rings. The fraction of sp³-hybridized carbons (Fsp3) is 0.259. The van der Waals surface area contributed by atoms with Crippen molar-refractivity contribution in [1.82, 2.24) is 9.88 Å². The predicted octanol–water partition coefficient (Wildman–Crippen LogP) is 5.90. The first kappa shape index (κ1) is 24.8. The lowest BCUT2D eigenvalue weighted by molar-refractivity contribution is -0.123. The summed E-state index contributed by atoms with van der Waals surface area (Å²) < 4.78 is 34.7. The van der Waals surface area contributed by atoms with Gasteiger partial charge in [0.05, 0.1) is 18.9 Å². The number of hydrogen-bond donors (Lipinski definition) is 0. The summed E-state index contributed by atoms with van der Waals surface area (Å²) in [5.41, 5.74) is -0.0128. The number of pyridine rings is 1. The van der Waals surface area contributed by atoms with Crippen molar-refractivity contribution in [2.45, 2.75) is 32.7 Å². The maximum absolute atomic E-state index is 14.6. The summed E-state index contributed by atoms with van der Waals surface area (Å²) in [5.74, 6) is -1.32. The summed E-state index contributed by atoms with van der Waals surface area (Å²) in [4.78, 5) is 35.7. The molecule has 9 heteroatoms. The van der Waals surface area contributed by atoms with E-state index in [1.165, 1.54) is 30.0 Å². The molecule has 36 heavy (non-hydrogen) atoms. The van der Waals surface area contributed by atoms with Gasteiger partial charge in [0.1, 0.15) is 22.9 Å². The lowest BCUT2D eigenvalue weighted by Gasteiger charge is -2.27. The van der Waals surface area contributed by atoms with E-state index < -0.39 is 29.1 Å². The molecule has 0 bridgehead atoms. The summed E-state index contributed by atoms with van der Waals surface area (Å²) in [5, 5.41) is 0. The standard InChI is InChI=1S/C27H24F2N4O3/c1-17-23(9-8-22(30-4)24(17)29)33-25(34)27(2,3)32(26(33)35)14-5-15-36-19-6-7-20(21(28)16-19)18-10-12-31-13-11-18/h6-13,16H,5,14-15H2,1-3H3. The van der Waals surface area contributed by atoms with Crippen molar-refractivity contribution in [3.05, 3.63) is 83.5 Å². The van der Waals surface area contributed by atoms with E-state index in [0.29, 0.717) is 23.3 Å². The number of nitrogens with zero attached hydrogens (tertiary/aromatic N) is 4. The summed E-state index contributed by atoms with van der Waals surface area (Å²) in [7, 11) is 0. The highest BCUT2D eigenvalue weighted by atomic mass is 19.1. The van der Waals surface area contributed by atoms with Gasteiger partial charge in [-0.05, 0) is 68.7 Å². The topological polar surface area (TPSA) is 67.1 Å². The molecule has 1 aliphatic rings. The van der Waals surface area contributed by atoms with Gasteiger partial charge in [-0.2, -0.15) is 0 Å². The number of carbonyl (C=O) groups excluding carboxylic acids is 2. The van der Waals surface area contributed by atoms with Crippen LogP contribution < -0.4 is 9.64 Å². The summed E-state index contributed by atoms with van der Waals surface area (Å²) in [6.45, 7) is 12.1. The van der Waals surface area contributed by atoms with Crippen molar-refractivity contribution in [1.29, 1.82) is 0 Å². The largest absolute Gasteiger partial charge is 0.493 e. The number of halogens is 2. The van der Waals surface area contributed by atoms with Gasteiger partial charge >= 0.3 is 6.03 Å². The van der Waals surface area contributed by atoms with Crippen LogP contribution in [0.25, 0.3) is 16.0 Å². The third kappa shape index (κ3) is 4.38. The highest BCUT2D eigenvalue weighted by Gasteiger charge is 2.52. The van der Waals surface area contributed by atoms with E-state index in [0.717, 1.165) is 4.90 Å². The number of anilines is 1. The van der Waals surface area contributed by atoms with Gasteiger partial charge in [-0.25, -0.2) is 23.3 Å². The van der Waals surface area contributed by atoms with Gasteiger partial charge in [-0.3, -0.25) is 9.78 Å². The van der Waals surface area contributed by atoms with Crippen molar-refractivity contribution in [3.8, 4) is 16.9 Å². The van der Waals surface area contributed by atoms with Crippen LogP contribution in [-0.2, 0) is 4.79 Å². The smallest absolute Gasteiger partial charge is 0.332 e. The van der Waals surface area contributed by atoms with Gasteiger partial charge in [-0.15, -0.1) is 0 Å². The number of amides is 3. The predicted molar refractivity (Wildman–Crippen MR) is 131 cm³/mol. The zero-order valence-electron chi connectivity index (χ0n) is 20.1. The Kier molecular flexibility index (Phi) is 6.71. The number of benzene rings is 2. The highest BCUT2D eigenvalue weighted by Crippen LogP contribution is 2.36. The highest BCUT2D eigenvalue weighted by molar-refractivity contribution is 6.23. The van der Waals surface area contributed by atoms with Crippen molar-refractivity contribution in [2.75, 3.05) is 18.1 Å². The fourth-order valence-corrected chi connectivity index (χ4v) is 4.18. The second kappa shape index (κ2) is 9.74. The lowest BCUT2D eigenvalue weighted by Crippen LogP contribution is -2.44. The van der Waals surface area contributed by atoms with Gasteiger partial charge in [0, 0.05) is 30.6 Å². The molecular formula is C27H24F2N4O3. The summed E-state index contributed by atoms with van der Waals surface area (Å²) in [6.07, 6.45) is 3.56. The summed E-state index contributed by atoms with van der Waals surface area (Å²) >= 11 is 0. The van der Waals surface area contributed by atoms with Crippen LogP contribution in [0.15, 0.2) is 54.9 Å². The number of hydrogen-bond acceptors (Lipinski definition) is 4. The first-order valence-corrected chi connectivity index (χ1v) is 11.3. The van der Waals surface area contributed by atoms with Gasteiger partial charge in [0.25, 0.3) is 5.91 Å². The third-order valence-corrected chi connectivity index (χ3v) is 6.25. The molecule has 2 aromatic carbocycles. The molecule has 2 heterocycles. The van der Waals surface area contributed by atoms with Crippen molar-refractivity contribution in [2.24, 2.45) is 0 Å². The molecule has 1 aliphatic heterocycles. The Morgan fingerprint density at radius 3 is 2.47 bits per heavy atom. The van der Waals surface area contributed by atoms with Crippen LogP contribution >= 0.6 is 0 Å². The SMILES string of the molecule is [C-]#[N+]c1ccc(N2C(=O)N(CCCOc3ccc(-c4ccncc4)c(F)c3)C(C)(C)C2=O)c(C)c1F. The van der Waals surface area contributed by atoms with E-state index >= 15 is 0 Å². The van der Waals surface area contributed by atoms with E-state index in [2.05, 4.69) is 9.83 Å². The average Bonchev–Trinajstić information content (AvgIpc) is 3.03. The normalized spacial score (nSPS) is 14.8. The number of carbonyl (C=O) groups is 2. The molecule has 0 unspecified atom stereocenters. The minimum Gasteiger partial charge on any atom is -0.493 e. The van der Waals surface area contributed by atoms with E-state index in [9.17, 15) is 18.4 Å². The Hall–Kier alpha value is -4.32. The van der Waals surface area contributed by atoms with Crippen LogP contribution in [0.2, 0.25) is 0 Å². The molecular weight excluding hydrogens is 466 g/mol. The Morgan fingerprint density at radius 2 is 1.81 bits per heavy atom. The molecule has 0 aliphatic carbocycles. The molecule has 7 nitrogen and oxygen atoms in total. The van der Waals surface area contributed by atoms with E-state index in [1.54, 1.807) is 50.5 Å². The monoisotopic (exact) mass is 490 g/mol. The molecule has 1 fully saturated rings. The molecule has 184 valence electrons. The van der Waals surface area contributed by atoms with Crippen LogP contribution in [0.5, 0.6) is 5.75 Å². The number of imide groups is 1. The molecule has 0 radical (unpaired) electrons. The van der Waals surface area contributed by atoms with Gasteiger partial charge in [0.2, 0.25) is 5.69 Å². The van der Waals surface area contributed by atoms with Gasteiger partial charge in [0.15, 0.2) is 0 Å². The first-order valence-electron chi connectivity index (χ1n) is 11.3. The minimum atomic E-state index is -1.16. The van der Waals surface area contributed by atoms with Crippen LogP contribution in [-0.4, -0.2) is 40.5 Å². The van der Waals surface area contributed by atoms with Crippen molar-refractivity contribution in [3.63, 3.8) is 0 Å². The lowest BCUT2D eigenvalue weighted by atomic mass is 10.0. The molecule has 3 amide bonds. The van der Waals surface area contributed by atoms with Gasteiger partial charge in [-0.1, -0.05) is 6.07 Å². The number of rotatable bonds is 7. The Bertz CT molecular complexity index is 1370. The quantitative estimate of drug-likeness (QED) is 0.235. The maximum Gasteiger partial charge on any atom is 0.332 e. The Labute approximate surface area is 207 Å². The third-order valence-electron chi connectivity index (χ3n) is 6.25. The van der Waals surface area contributed by atoms with E-state index in [1.807, 2.05) is 0 Å².